The van der Waals surface area contributed by atoms with Gasteiger partial charge in [0.2, 0.25) is 0 Å². The number of hydrogen-bond donors (Lipinski definition) is 1. The first-order valence-electron chi connectivity index (χ1n) is 8.79. The van der Waals surface area contributed by atoms with Crippen LogP contribution in [0.1, 0.15) is 19.4 Å². The van der Waals surface area contributed by atoms with E-state index in [1.54, 1.807) is 0 Å². The maximum absolute atomic E-state index is 12.2. The molecule has 3 aromatic rings. The lowest BCUT2D eigenvalue weighted by molar-refractivity contribution is -0.118. The number of amides is 1. The average molecular weight is 458 g/mol. The number of carbonyl (C=O) groups excluding carboxylic acids is 1. The van der Waals surface area contributed by atoms with Crippen molar-refractivity contribution in [3.05, 3.63) is 64.6 Å². The largest absolute Gasteiger partial charge is 0.302 e. The molecule has 0 bridgehead atoms. The van der Waals surface area contributed by atoms with Crippen LogP contribution < -0.4 is 5.43 Å². The van der Waals surface area contributed by atoms with E-state index < -0.39 is 0 Å². The molecular formula is C20H20BrN5OS. The van der Waals surface area contributed by atoms with E-state index in [4.69, 9.17) is 0 Å². The van der Waals surface area contributed by atoms with E-state index >= 15 is 0 Å². The Morgan fingerprint density at radius 2 is 1.86 bits per heavy atom. The second-order valence-corrected chi connectivity index (χ2v) is 7.80. The molecule has 0 spiro atoms. The number of hydrogen-bond acceptors (Lipinski definition) is 5. The predicted molar refractivity (Wildman–Crippen MR) is 116 cm³/mol. The fraction of sp³-hybridized carbons (Fsp3) is 0.200. The zero-order valence-electron chi connectivity index (χ0n) is 15.6. The van der Waals surface area contributed by atoms with Gasteiger partial charge in [0.25, 0.3) is 5.91 Å². The summed E-state index contributed by atoms with van der Waals surface area (Å²) in [6.45, 7) is 4.62. The molecule has 28 heavy (non-hydrogen) atoms. The Labute approximate surface area is 176 Å². The lowest BCUT2D eigenvalue weighted by Crippen LogP contribution is -2.21. The van der Waals surface area contributed by atoms with E-state index in [0.29, 0.717) is 5.16 Å². The van der Waals surface area contributed by atoms with Gasteiger partial charge < -0.3 is 4.57 Å². The van der Waals surface area contributed by atoms with Crippen molar-refractivity contribution in [1.29, 1.82) is 0 Å². The van der Waals surface area contributed by atoms with E-state index in [0.717, 1.165) is 33.7 Å². The number of aromatic nitrogens is 3. The monoisotopic (exact) mass is 457 g/mol. The Bertz CT molecular complexity index is 970. The van der Waals surface area contributed by atoms with Crippen molar-refractivity contribution in [3.63, 3.8) is 0 Å². The smallest absolute Gasteiger partial charge is 0.250 e. The van der Waals surface area contributed by atoms with Crippen molar-refractivity contribution < 1.29 is 4.79 Å². The summed E-state index contributed by atoms with van der Waals surface area (Å²) in [5, 5.41) is 13.4. The molecule has 0 radical (unpaired) electrons. The fourth-order valence-corrected chi connectivity index (χ4v) is 3.60. The summed E-state index contributed by atoms with van der Waals surface area (Å²) >= 11 is 4.75. The van der Waals surface area contributed by atoms with Crippen LogP contribution in [0.5, 0.6) is 0 Å². The number of benzene rings is 2. The molecule has 0 unspecified atom stereocenters. The summed E-state index contributed by atoms with van der Waals surface area (Å²) in [4.78, 5) is 12.2. The first-order valence-corrected chi connectivity index (χ1v) is 10.6. The van der Waals surface area contributed by atoms with Crippen molar-refractivity contribution in [1.82, 2.24) is 20.2 Å². The van der Waals surface area contributed by atoms with E-state index in [-0.39, 0.29) is 11.7 Å². The minimum Gasteiger partial charge on any atom is -0.302 e. The molecule has 0 fully saturated rings. The SMILES string of the molecule is CCn1c(SCC(=O)NN=C(C)c2ccc(Br)cc2)nnc1-c1ccccc1. The number of carbonyl (C=O) groups is 1. The number of thioether (sulfide) groups is 1. The minimum absolute atomic E-state index is 0.187. The summed E-state index contributed by atoms with van der Waals surface area (Å²) in [6.07, 6.45) is 0. The van der Waals surface area contributed by atoms with E-state index in [1.165, 1.54) is 11.8 Å². The van der Waals surface area contributed by atoms with E-state index in [1.807, 2.05) is 73.0 Å². The van der Waals surface area contributed by atoms with Crippen LogP contribution in [0.3, 0.4) is 0 Å². The van der Waals surface area contributed by atoms with Gasteiger partial charge in [0.15, 0.2) is 11.0 Å². The molecule has 0 aliphatic rings. The van der Waals surface area contributed by atoms with Crippen molar-refractivity contribution >= 4 is 39.3 Å². The standard InChI is InChI=1S/C20H20BrN5OS/c1-3-26-19(16-7-5-4-6-8-16)24-25-20(26)28-13-18(27)23-22-14(2)15-9-11-17(21)12-10-15/h4-12H,3,13H2,1-2H3,(H,23,27). The molecule has 0 atom stereocenters. The van der Waals surface area contributed by atoms with Gasteiger partial charge in [-0.25, -0.2) is 5.43 Å². The highest BCUT2D eigenvalue weighted by Gasteiger charge is 2.14. The third-order valence-corrected chi connectivity index (χ3v) is 5.50. The summed E-state index contributed by atoms with van der Waals surface area (Å²) in [7, 11) is 0. The van der Waals surface area contributed by atoms with Gasteiger partial charge in [-0.05, 0) is 31.5 Å². The van der Waals surface area contributed by atoms with Crippen LogP contribution in [-0.4, -0.2) is 32.1 Å². The zero-order chi connectivity index (χ0) is 19.9. The zero-order valence-corrected chi connectivity index (χ0v) is 18.0. The second kappa shape index (κ2) is 9.66. The molecule has 1 aromatic heterocycles. The lowest BCUT2D eigenvalue weighted by Gasteiger charge is -2.07. The Morgan fingerprint density at radius 1 is 1.14 bits per heavy atom. The minimum atomic E-state index is -0.187. The summed E-state index contributed by atoms with van der Waals surface area (Å²) < 4.78 is 3.00. The van der Waals surface area contributed by atoms with Gasteiger partial charge in [-0.3, -0.25) is 4.79 Å². The molecule has 0 saturated heterocycles. The average Bonchev–Trinajstić information content (AvgIpc) is 3.14. The van der Waals surface area contributed by atoms with Crippen molar-refractivity contribution in [3.8, 4) is 11.4 Å². The molecule has 8 heteroatoms. The number of hydrazone groups is 1. The number of nitrogens with one attached hydrogen (secondary N) is 1. The Kier molecular flexibility index (Phi) is 7.00. The summed E-state index contributed by atoms with van der Waals surface area (Å²) in [6, 6.07) is 17.7. The van der Waals surface area contributed by atoms with Crippen LogP contribution in [0, 0.1) is 0 Å². The molecule has 6 nitrogen and oxygen atoms in total. The quantitative estimate of drug-likeness (QED) is 0.325. The predicted octanol–water partition coefficient (Wildman–Crippen LogP) is 4.36. The highest BCUT2D eigenvalue weighted by atomic mass is 79.9. The van der Waals surface area contributed by atoms with Gasteiger partial charge in [0.05, 0.1) is 11.5 Å². The number of halogens is 1. The highest BCUT2D eigenvalue weighted by Crippen LogP contribution is 2.23. The third-order valence-electron chi connectivity index (χ3n) is 4.01. The highest BCUT2D eigenvalue weighted by molar-refractivity contribution is 9.10. The molecule has 0 aliphatic carbocycles. The molecule has 1 heterocycles. The van der Waals surface area contributed by atoms with Crippen LogP contribution in [-0.2, 0) is 11.3 Å². The molecule has 144 valence electrons. The Morgan fingerprint density at radius 3 is 2.54 bits per heavy atom. The van der Waals surface area contributed by atoms with Crippen LogP contribution in [0.25, 0.3) is 11.4 Å². The van der Waals surface area contributed by atoms with Crippen molar-refractivity contribution in [2.24, 2.45) is 5.10 Å². The van der Waals surface area contributed by atoms with Gasteiger partial charge in [-0.2, -0.15) is 5.10 Å². The van der Waals surface area contributed by atoms with Gasteiger partial charge >= 0.3 is 0 Å². The molecule has 0 saturated carbocycles. The van der Waals surface area contributed by atoms with Crippen LogP contribution in [0.4, 0.5) is 0 Å². The first-order chi connectivity index (χ1) is 13.6. The Hall–Kier alpha value is -2.45. The van der Waals surface area contributed by atoms with Gasteiger partial charge in [-0.15, -0.1) is 10.2 Å². The molecule has 3 rings (SSSR count). The lowest BCUT2D eigenvalue weighted by atomic mass is 10.1. The molecular weight excluding hydrogens is 438 g/mol. The van der Waals surface area contributed by atoms with Crippen molar-refractivity contribution in [2.45, 2.75) is 25.5 Å². The van der Waals surface area contributed by atoms with Crippen molar-refractivity contribution in [2.75, 3.05) is 5.75 Å². The first kappa shape index (κ1) is 20.3. The van der Waals surface area contributed by atoms with Gasteiger partial charge in [0.1, 0.15) is 0 Å². The summed E-state index contributed by atoms with van der Waals surface area (Å²) in [5.74, 6) is 0.827. The molecule has 0 aliphatic heterocycles. The maximum atomic E-state index is 12.2. The normalized spacial score (nSPS) is 11.5. The van der Waals surface area contributed by atoms with Crippen LogP contribution >= 0.6 is 27.7 Å². The maximum Gasteiger partial charge on any atom is 0.250 e. The second-order valence-electron chi connectivity index (χ2n) is 5.94. The molecule has 1 N–H and O–H groups in total. The van der Waals surface area contributed by atoms with Crippen LogP contribution in [0.15, 0.2) is 69.3 Å². The summed E-state index contributed by atoms with van der Waals surface area (Å²) in [5.41, 5.74) is 5.30. The topological polar surface area (TPSA) is 72.2 Å². The number of nitrogens with zero attached hydrogens (tertiary/aromatic N) is 4. The number of rotatable bonds is 7. The van der Waals surface area contributed by atoms with E-state index in [9.17, 15) is 4.79 Å². The fourth-order valence-electron chi connectivity index (χ4n) is 2.55. The van der Waals surface area contributed by atoms with Crippen LogP contribution in [0.2, 0.25) is 0 Å². The third kappa shape index (κ3) is 5.08. The molecule has 1 amide bonds. The van der Waals surface area contributed by atoms with Gasteiger partial charge in [0, 0.05) is 16.6 Å². The van der Waals surface area contributed by atoms with E-state index in [2.05, 4.69) is 36.7 Å². The van der Waals surface area contributed by atoms with Gasteiger partial charge in [-0.1, -0.05) is 70.2 Å². The Balaban J connectivity index is 1.61. The molecule has 2 aromatic carbocycles.